The summed E-state index contributed by atoms with van der Waals surface area (Å²) in [5.74, 6) is 1.82. The lowest BCUT2D eigenvalue weighted by molar-refractivity contribution is 0.106. The van der Waals surface area contributed by atoms with Crippen LogP contribution in [0.25, 0.3) is 0 Å². The van der Waals surface area contributed by atoms with E-state index in [4.69, 9.17) is 0 Å². The number of rotatable bonds is 3. The minimum atomic E-state index is 0.556. The molecule has 2 heteroatoms. The van der Waals surface area contributed by atoms with Crippen LogP contribution in [0.2, 0.25) is 0 Å². The van der Waals surface area contributed by atoms with Gasteiger partial charge in [-0.3, -0.25) is 4.90 Å². The van der Waals surface area contributed by atoms with Crippen molar-refractivity contribution in [3.8, 4) is 0 Å². The second-order valence-corrected chi connectivity index (χ2v) is 6.86. The van der Waals surface area contributed by atoms with Gasteiger partial charge in [0.05, 0.1) is 0 Å². The Morgan fingerprint density at radius 2 is 1.95 bits per heavy atom. The molecule has 0 amide bonds. The van der Waals surface area contributed by atoms with Gasteiger partial charge in [-0.25, -0.2) is 0 Å². The number of hydrogen-bond acceptors (Lipinski definition) is 2. The maximum Gasteiger partial charge on any atom is 0.0473 e. The maximum atomic E-state index is 3.65. The van der Waals surface area contributed by atoms with Gasteiger partial charge in [-0.2, -0.15) is 0 Å². The minimum Gasteiger partial charge on any atom is -0.311 e. The van der Waals surface area contributed by atoms with Gasteiger partial charge in [0.2, 0.25) is 0 Å². The molecule has 2 aliphatic rings. The van der Waals surface area contributed by atoms with E-state index in [0.29, 0.717) is 12.1 Å². The molecule has 1 N–H and O–H groups in total. The third kappa shape index (κ3) is 3.07. The zero-order chi connectivity index (χ0) is 13.9. The first kappa shape index (κ1) is 14.1. The highest BCUT2D eigenvalue weighted by Gasteiger charge is 2.32. The Labute approximate surface area is 123 Å². The van der Waals surface area contributed by atoms with Crippen molar-refractivity contribution < 1.29 is 0 Å². The van der Waals surface area contributed by atoms with E-state index >= 15 is 0 Å². The molecule has 1 aliphatic carbocycles. The van der Waals surface area contributed by atoms with Crippen molar-refractivity contribution >= 4 is 0 Å². The lowest BCUT2D eigenvalue weighted by atomic mass is 9.94. The Balaban J connectivity index is 1.73. The standard InChI is InChI=1S/C18H28N2/c1-14-7-6-10-17(14)13-20-12-15(2)19-11-18(20)16-8-4-3-5-9-16/h3-5,8-9,14-15,17-19H,6-7,10-13H2,1-2H3. The topological polar surface area (TPSA) is 15.3 Å². The van der Waals surface area contributed by atoms with E-state index in [0.717, 1.165) is 18.4 Å². The minimum absolute atomic E-state index is 0.556. The van der Waals surface area contributed by atoms with Gasteiger partial charge in [0.1, 0.15) is 0 Å². The zero-order valence-electron chi connectivity index (χ0n) is 12.9. The first-order valence-electron chi connectivity index (χ1n) is 8.26. The third-order valence-corrected chi connectivity index (χ3v) is 5.30. The summed E-state index contributed by atoms with van der Waals surface area (Å²) in [5, 5.41) is 3.65. The van der Waals surface area contributed by atoms with Gasteiger partial charge in [-0.15, -0.1) is 0 Å². The maximum absolute atomic E-state index is 3.65. The van der Waals surface area contributed by atoms with Crippen LogP contribution in [0.3, 0.4) is 0 Å². The van der Waals surface area contributed by atoms with E-state index in [1.54, 1.807) is 0 Å². The Morgan fingerprint density at radius 1 is 1.15 bits per heavy atom. The SMILES string of the molecule is CC1CN(CC2CCCC2C)C(c2ccccc2)CN1. The van der Waals surface area contributed by atoms with Gasteiger partial charge >= 0.3 is 0 Å². The molecule has 3 rings (SSSR count). The van der Waals surface area contributed by atoms with E-state index in [2.05, 4.69) is 54.4 Å². The van der Waals surface area contributed by atoms with E-state index in [9.17, 15) is 0 Å². The molecule has 2 fully saturated rings. The van der Waals surface area contributed by atoms with Gasteiger partial charge < -0.3 is 5.32 Å². The van der Waals surface area contributed by atoms with Crippen molar-refractivity contribution in [2.24, 2.45) is 11.8 Å². The number of nitrogens with one attached hydrogen (secondary N) is 1. The van der Waals surface area contributed by atoms with Crippen LogP contribution >= 0.6 is 0 Å². The summed E-state index contributed by atoms with van der Waals surface area (Å²) in [6.07, 6.45) is 4.30. The molecule has 0 radical (unpaired) electrons. The molecule has 4 unspecified atom stereocenters. The van der Waals surface area contributed by atoms with E-state index in [1.165, 1.54) is 37.9 Å². The molecule has 1 aliphatic heterocycles. The van der Waals surface area contributed by atoms with Crippen LogP contribution in [0.15, 0.2) is 30.3 Å². The van der Waals surface area contributed by atoms with Crippen molar-refractivity contribution in [1.82, 2.24) is 10.2 Å². The molecule has 110 valence electrons. The van der Waals surface area contributed by atoms with Gasteiger partial charge in [0, 0.05) is 31.7 Å². The largest absolute Gasteiger partial charge is 0.311 e. The highest BCUT2D eigenvalue weighted by molar-refractivity contribution is 5.20. The van der Waals surface area contributed by atoms with Crippen LogP contribution in [0, 0.1) is 11.8 Å². The van der Waals surface area contributed by atoms with Gasteiger partial charge in [-0.05, 0) is 30.7 Å². The van der Waals surface area contributed by atoms with Crippen molar-refractivity contribution in [2.45, 2.75) is 45.2 Å². The summed E-state index contributed by atoms with van der Waals surface area (Å²) in [6.45, 7) is 8.31. The van der Waals surface area contributed by atoms with E-state index in [1.807, 2.05) is 0 Å². The molecule has 2 nitrogen and oxygen atoms in total. The van der Waals surface area contributed by atoms with Gasteiger partial charge in [0.15, 0.2) is 0 Å². The molecule has 1 heterocycles. The molecule has 1 saturated carbocycles. The predicted molar refractivity (Wildman–Crippen MR) is 84.7 cm³/mol. The fourth-order valence-electron chi connectivity index (χ4n) is 3.99. The molecule has 1 saturated heterocycles. The van der Waals surface area contributed by atoms with E-state index in [-0.39, 0.29) is 0 Å². The smallest absolute Gasteiger partial charge is 0.0473 e. The average Bonchev–Trinajstić information content (AvgIpc) is 2.85. The van der Waals surface area contributed by atoms with Crippen LogP contribution < -0.4 is 5.32 Å². The van der Waals surface area contributed by atoms with Crippen molar-refractivity contribution in [1.29, 1.82) is 0 Å². The average molecular weight is 272 g/mol. The van der Waals surface area contributed by atoms with Gasteiger partial charge in [0.25, 0.3) is 0 Å². The second kappa shape index (κ2) is 6.28. The molecule has 20 heavy (non-hydrogen) atoms. The number of hydrogen-bond donors (Lipinski definition) is 1. The van der Waals surface area contributed by atoms with E-state index < -0.39 is 0 Å². The quantitative estimate of drug-likeness (QED) is 0.906. The fraction of sp³-hybridized carbons (Fsp3) is 0.667. The van der Waals surface area contributed by atoms with Crippen LogP contribution in [-0.4, -0.2) is 30.6 Å². The normalized spacial score (nSPS) is 35.3. The summed E-state index contributed by atoms with van der Waals surface area (Å²) >= 11 is 0. The lowest BCUT2D eigenvalue weighted by Gasteiger charge is -2.41. The highest BCUT2D eigenvalue weighted by atomic mass is 15.2. The first-order valence-corrected chi connectivity index (χ1v) is 8.26. The molecular formula is C18H28N2. The zero-order valence-corrected chi connectivity index (χ0v) is 12.9. The van der Waals surface area contributed by atoms with Crippen LogP contribution in [0.1, 0.15) is 44.7 Å². The number of nitrogens with zero attached hydrogens (tertiary/aromatic N) is 1. The number of piperazine rings is 1. The molecule has 0 aromatic heterocycles. The molecule has 1 aromatic rings. The fourth-order valence-corrected chi connectivity index (χ4v) is 3.99. The summed E-state index contributed by atoms with van der Waals surface area (Å²) in [4.78, 5) is 2.74. The van der Waals surface area contributed by atoms with Crippen molar-refractivity contribution in [2.75, 3.05) is 19.6 Å². The Hall–Kier alpha value is -0.860. The van der Waals surface area contributed by atoms with Crippen LogP contribution in [0.4, 0.5) is 0 Å². The molecule has 0 bridgehead atoms. The van der Waals surface area contributed by atoms with Crippen molar-refractivity contribution in [3.63, 3.8) is 0 Å². The predicted octanol–water partition coefficient (Wildman–Crippen LogP) is 3.46. The first-order chi connectivity index (χ1) is 9.74. The third-order valence-electron chi connectivity index (χ3n) is 5.30. The Kier molecular flexibility index (Phi) is 4.42. The van der Waals surface area contributed by atoms with Crippen LogP contribution in [0.5, 0.6) is 0 Å². The summed E-state index contributed by atoms with van der Waals surface area (Å²) < 4.78 is 0. The summed E-state index contributed by atoms with van der Waals surface area (Å²) in [5.41, 5.74) is 1.47. The monoisotopic (exact) mass is 272 g/mol. The summed E-state index contributed by atoms with van der Waals surface area (Å²) in [6, 6.07) is 12.2. The lowest BCUT2D eigenvalue weighted by Crippen LogP contribution is -2.52. The van der Waals surface area contributed by atoms with Gasteiger partial charge in [-0.1, -0.05) is 50.1 Å². The van der Waals surface area contributed by atoms with Crippen LogP contribution in [-0.2, 0) is 0 Å². The molecular weight excluding hydrogens is 244 g/mol. The van der Waals surface area contributed by atoms with Crippen molar-refractivity contribution in [3.05, 3.63) is 35.9 Å². The number of benzene rings is 1. The molecule has 0 spiro atoms. The second-order valence-electron chi connectivity index (χ2n) is 6.86. The Bertz CT molecular complexity index is 417. The highest BCUT2D eigenvalue weighted by Crippen LogP contribution is 2.34. The summed E-state index contributed by atoms with van der Waals surface area (Å²) in [7, 11) is 0. The molecule has 4 atom stereocenters. The molecule has 1 aromatic carbocycles. The Morgan fingerprint density at radius 3 is 2.65 bits per heavy atom.